The molecule has 0 bridgehead atoms. The van der Waals surface area contributed by atoms with Crippen LogP contribution < -0.4 is 0 Å². The summed E-state index contributed by atoms with van der Waals surface area (Å²) in [6.45, 7) is 25.5. The Morgan fingerprint density at radius 3 is 0.786 bits per heavy atom. The monoisotopic (exact) mass is 235 g/mol. The van der Waals surface area contributed by atoms with Crippen LogP contribution in [-0.2, 0) is 17.1 Å². The first-order chi connectivity index (χ1) is 5.74. The van der Waals surface area contributed by atoms with E-state index in [1.165, 1.54) is 0 Å². The minimum atomic E-state index is 0. The molecule has 0 heterocycles. The minimum absolute atomic E-state index is 0. The summed E-state index contributed by atoms with van der Waals surface area (Å²) in [5, 5.41) is 0. The van der Waals surface area contributed by atoms with Crippen LogP contribution in [0, 0.1) is 27.1 Å². The summed E-state index contributed by atoms with van der Waals surface area (Å²) < 4.78 is 0. The molecule has 81 valence electrons. The fourth-order valence-corrected chi connectivity index (χ4v) is 0. The van der Waals surface area contributed by atoms with E-state index in [0.29, 0.717) is 19.6 Å². The van der Waals surface area contributed by atoms with Gasteiger partial charge in [0.2, 0.25) is 19.6 Å². The van der Waals surface area contributed by atoms with Gasteiger partial charge in [-0.2, -0.15) is 0 Å². The fourth-order valence-electron chi connectivity index (χ4n) is 0. The molecular formula is C10H18MnN3-. The molecule has 0 amide bonds. The number of rotatable bonds is 0. The zero-order valence-electron chi connectivity index (χ0n) is 9.34. The molecule has 0 aliphatic carbocycles. The first-order valence-corrected chi connectivity index (χ1v) is 3.74. The summed E-state index contributed by atoms with van der Waals surface area (Å²) >= 11 is 0. The summed E-state index contributed by atoms with van der Waals surface area (Å²) in [6.07, 6.45) is 0. The van der Waals surface area contributed by atoms with Crippen LogP contribution in [0.1, 0.15) is 20.8 Å². The van der Waals surface area contributed by atoms with Crippen molar-refractivity contribution in [3.63, 3.8) is 0 Å². The van der Waals surface area contributed by atoms with Gasteiger partial charge in [0.25, 0.3) is 0 Å². The molecule has 0 saturated carbocycles. The molecule has 0 spiro atoms. The molecule has 0 aliphatic heterocycles. The van der Waals surface area contributed by atoms with Crippen molar-refractivity contribution in [3.8, 4) is 0 Å². The Kier molecular flexibility index (Phi) is 122. The van der Waals surface area contributed by atoms with Gasteiger partial charge in [0, 0.05) is 37.8 Å². The molecule has 0 aliphatic rings. The van der Waals surface area contributed by atoms with Crippen molar-refractivity contribution in [2.24, 2.45) is 0 Å². The van der Waals surface area contributed by atoms with Crippen molar-refractivity contribution in [1.82, 2.24) is 0 Å². The van der Waals surface area contributed by atoms with E-state index in [0.717, 1.165) is 0 Å². The van der Waals surface area contributed by atoms with E-state index in [1.807, 2.05) is 20.8 Å². The third-order valence-electron chi connectivity index (χ3n) is 0.474. The predicted octanol–water partition coefficient (Wildman–Crippen LogP) is 3.22. The average Bonchev–Trinajstić information content (AvgIpc) is 2.18. The summed E-state index contributed by atoms with van der Waals surface area (Å²) in [5.74, 6) is 0. The quantitative estimate of drug-likeness (QED) is 0.452. The molecule has 14 heavy (non-hydrogen) atoms. The van der Waals surface area contributed by atoms with Gasteiger partial charge in [-0.3, -0.25) is 0 Å². The summed E-state index contributed by atoms with van der Waals surface area (Å²) in [4.78, 5) is 8.96. The van der Waals surface area contributed by atoms with Crippen LogP contribution in [-0.4, -0.2) is 19.6 Å². The molecule has 0 rings (SSSR count). The van der Waals surface area contributed by atoms with Crippen LogP contribution in [0.15, 0.2) is 0 Å². The Morgan fingerprint density at radius 1 is 0.714 bits per heavy atom. The third kappa shape index (κ3) is 277. The van der Waals surface area contributed by atoms with Crippen molar-refractivity contribution in [2.45, 2.75) is 20.8 Å². The molecule has 4 heteroatoms. The Morgan fingerprint density at radius 2 is 0.786 bits per heavy atom. The van der Waals surface area contributed by atoms with Gasteiger partial charge < -0.3 is 22.0 Å². The second-order valence-electron chi connectivity index (χ2n) is 1.42. The topological polar surface area (TPSA) is 13.1 Å². The molecule has 3 nitrogen and oxygen atoms in total. The average molecular weight is 235 g/mol. The molecule has 0 aromatic rings. The second-order valence-corrected chi connectivity index (χ2v) is 1.42. The van der Waals surface area contributed by atoms with E-state index in [1.54, 1.807) is 0 Å². The van der Waals surface area contributed by atoms with Crippen molar-refractivity contribution < 1.29 is 17.1 Å². The van der Waals surface area contributed by atoms with Gasteiger partial charge in [0.05, 0.1) is 0 Å². The molecule has 0 saturated heterocycles. The van der Waals surface area contributed by atoms with Crippen LogP contribution in [0.5, 0.6) is 0 Å². The molecular weight excluding hydrogens is 217 g/mol. The fraction of sp³-hybridized carbons (Fsp3) is 0.600. The summed E-state index contributed by atoms with van der Waals surface area (Å²) in [7, 11) is 0. The van der Waals surface area contributed by atoms with Crippen LogP contribution in [0.25, 0.3) is 14.5 Å². The summed E-state index contributed by atoms with van der Waals surface area (Å²) in [5.41, 5.74) is 0. The smallest absolute Gasteiger partial charge is 0.211 e. The van der Waals surface area contributed by atoms with Crippen LogP contribution in [0.4, 0.5) is 0 Å². The number of hydrogen-bond acceptors (Lipinski definition) is 0. The first-order valence-electron chi connectivity index (χ1n) is 3.74. The Bertz CT molecular complexity index is 138. The SMILES string of the molecule is [C-]#[N+]CC.[C-]#[N+]CC.[C-]#[N+]CC.[CH3-].[Mn]. The predicted molar refractivity (Wildman–Crippen MR) is 57.8 cm³/mol. The van der Waals surface area contributed by atoms with Crippen molar-refractivity contribution in [1.29, 1.82) is 0 Å². The minimum Gasteiger partial charge on any atom is -0.358 e. The van der Waals surface area contributed by atoms with E-state index < -0.39 is 0 Å². The van der Waals surface area contributed by atoms with E-state index in [4.69, 9.17) is 19.7 Å². The van der Waals surface area contributed by atoms with Gasteiger partial charge in [-0.15, -0.1) is 0 Å². The standard InChI is InChI=1S/3C3H5N.CH3.Mn/c3*1-3-4-2;;/h3*3H2,1H3;1H3;/q;;;-1;. The summed E-state index contributed by atoms with van der Waals surface area (Å²) in [6, 6.07) is 0. The molecule has 1 radical (unpaired) electrons. The molecule has 0 N–H and O–H groups in total. The Hall–Kier alpha value is -1.01. The van der Waals surface area contributed by atoms with Gasteiger partial charge in [-0.1, -0.05) is 0 Å². The van der Waals surface area contributed by atoms with E-state index in [9.17, 15) is 0 Å². The Balaban J connectivity index is -0.0000000270. The van der Waals surface area contributed by atoms with Gasteiger partial charge in [0.1, 0.15) is 0 Å². The molecule has 0 unspecified atom stereocenters. The van der Waals surface area contributed by atoms with Gasteiger partial charge in [-0.05, 0) is 0 Å². The van der Waals surface area contributed by atoms with Crippen molar-refractivity contribution >= 4 is 0 Å². The van der Waals surface area contributed by atoms with Crippen LogP contribution >= 0.6 is 0 Å². The van der Waals surface area contributed by atoms with E-state index >= 15 is 0 Å². The molecule has 0 aromatic carbocycles. The number of hydrogen-bond donors (Lipinski definition) is 0. The zero-order valence-corrected chi connectivity index (χ0v) is 10.5. The normalized spacial score (nSPS) is 4.29. The number of nitrogens with zero attached hydrogens (tertiary/aromatic N) is 3. The first kappa shape index (κ1) is 29.3. The van der Waals surface area contributed by atoms with Crippen LogP contribution in [0.2, 0.25) is 0 Å². The maximum atomic E-state index is 6.08. The third-order valence-corrected chi connectivity index (χ3v) is 0.474. The maximum absolute atomic E-state index is 6.08. The van der Waals surface area contributed by atoms with Gasteiger partial charge in [-0.25, -0.2) is 19.7 Å². The second kappa shape index (κ2) is 58.2. The van der Waals surface area contributed by atoms with Crippen molar-refractivity contribution in [3.05, 3.63) is 41.7 Å². The molecule has 0 atom stereocenters. The van der Waals surface area contributed by atoms with E-state index in [-0.39, 0.29) is 24.5 Å². The van der Waals surface area contributed by atoms with Crippen LogP contribution in [0.3, 0.4) is 0 Å². The van der Waals surface area contributed by atoms with Gasteiger partial charge >= 0.3 is 0 Å². The largest absolute Gasteiger partial charge is 0.358 e. The molecule has 0 aromatic heterocycles. The molecule has 0 fully saturated rings. The van der Waals surface area contributed by atoms with E-state index in [2.05, 4.69) is 14.5 Å². The Labute approximate surface area is 99.4 Å². The van der Waals surface area contributed by atoms with Crippen molar-refractivity contribution in [2.75, 3.05) is 19.6 Å². The zero-order chi connectivity index (χ0) is 10.2. The van der Waals surface area contributed by atoms with Gasteiger partial charge in [0.15, 0.2) is 0 Å². The maximum Gasteiger partial charge on any atom is 0.211 e.